The predicted molar refractivity (Wildman–Crippen MR) is 233 cm³/mol. The van der Waals surface area contributed by atoms with Gasteiger partial charge < -0.3 is 14.2 Å². The summed E-state index contributed by atoms with van der Waals surface area (Å²) in [4.78, 5) is 37.4. The second-order valence-corrected chi connectivity index (χ2v) is 14.2. The molecule has 6 nitrogen and oxygen atoms in total. The molecule has 6 heteroatoms. The van der Waals surface area contributed by atoms with Gasteiger partial charge in [-0.3, -0.25) is 14.4 Å². The average Bonchev–Trinajstić information content (AvgIpc) is 3.18. The fourth-order valence-electron chi connectivity index (χ4n) is 5.60. The molecule has 0 aromatic heterocycles. The highest BCUT2D eigenvalue weighted by Gasteiger charge is 2.19. The van der Waals surface area contributed by atoms with E-state index in [1.54, 1.807) is 0 Å². The second-order valence-electron chi connectivity index (χ2n) is 14.2. The molecule has 0 aromatic carbocycles. The van der Waals surface area contributed by atoms with Crippen LogP contribution in [-0.4, -0.2) is 37.2 Å². The SMILES string of the molecule is CC/C=C\C/C=C\C/C=C\C/C=C\C/C=C\C/C=C\C/C=C\CCCC(=O)OCC(COC(=O)CCCCCCCCC)OC(=O)CCCCCCCCC. The number of carbonyl (C=O) groups is 3. The highest BCUT2D eigenvalue weighted by atomic mass is 16.6. The first-order valence-corrected chi connectivity index (χ1v) is 22.1. The third-order valence-electron chi connectivity index (χ3n) is 8.91. The van der Waals surface area contributed by atoms with E-state index in [4.69, 9.17) is 14.2 Å². The van der Waals surface area contributed by atoms with Gasteiger partial charge in [0.2, 0.25) is 0 Å². The predicted octanol–water partition coefficient (Wildman–Crippen LogP) is 14.1. The molecule has 0 spiro atoms. The van der Waals surface area contributed by atoms with E-state index >= 15 is 0 Å². The molecule has 0 amide bonds. The van der Waals surface area contributed by atoms with E-state index < -0.39 is 6.10 Å². The van der Waals surface area contributed by atoms with Crippen LogP contribution in [0.5, 0.6) is 0 Å². The van der Waals surface area contributed by atoms with E-state index in [0.29, 0.717) is 19.3 Å². The molecule has 312 valence electrons. The molecule has 1 atom stereocenters. The fraction of sp³-hybridized carbons (Fsp3) is 0.653. The van der Waals surface area contributed by atoms with Crippen LogP contribution in [0.25, 0.3) is 0 Å². The Kier molecular flexibility index (Phi) is 40.6. The third kappa shape index (κ3) is 41.6. The van der Waals surface area contributed by atoms with Crippen molar-refractivity contribution in [3.05, 3.63) is 85.1 Å². The van der Waals surface area contributed by atoms with Crippen molar-refractivity contribution in [2.75, 3.05) is 13.2 Å². The van der Waals surface area contributed by atoms with E-state index in [0.717, 1.165) is 89.9 Å². The Morgan fingerprint density at radius 1 is 0.382 bits per heavy atom. The van der Waals surface area contributed by atoms with Gasteiger partial charge in [0.05, 0.1) is 0 Å². The lowest BCUT2D eigenvalue weighted by Crippen LogP contribution is -2.30. The van der Waals surface area contributed by atoms with Gasteiger partial charge in [-0.1, -0.05) is 183 Å². The Labute approximate surface area is 337 Å². The Bertz CT molecular complexity index is 1110. The lowest BCUT2D eigenvalue weighted by Gasteiger charge is -2.18. The highest BCUT2D eigenvalue weighted by Crippen LogP contribution is 2.12. The van der Waals surface area contributed by atoms with Gasteiger partial charge in [0.1, 0.15) is 13.2 Å². The Hall–Kier alpha value is -3.41. The molecule has 0 aliphatic carbocycles. The minimum absolute atomic E-state index is 0.0945. The monoisotopic (exact) mass is 765 g/mol. The van der Waals surface area contributed by atoms with Crippen LogP contribution in [0.4, 0.5) is 0 Å². The zero-order valence-corrected chi connectivity index (χ0v) is 35.4. The van der Waals surface area contributed by atoms with Crippen LogP contribution >= 0.6 is 0 Å². The molecule has 0 fully saturated rings. The smallest absolute Gasteiger partial charge is 0.306 e. The molecule has 0 N–H and O–H groups in total. The van der Waals surface area contributed by atoms with E-state index in [1.165, 1.54) is 51.4 Å². The zero-order chi connectivity index (χ0) is 40.1. The van der Waals surface area contributed by atoms with Crippen LogP contribution in [0.1, 0.15) is 188 Å². The standard InChI is InChI=1S/C49H80O6/c1-4-7-10-13-16-17-18-19-20-21-22-23-24-25-26-27-28-29-30-31-34-36-39-42-48(51)54-45-46(55-49(52)43-40-37-33-15-12-9-6-3)44-53-47(50)41-38-35-32-14-11-8-5-2/h7,10,16-17,19-20,22-23,25-26,28-29,31,34,46H,4-6,8-9,11-15,18,21,24,27,30,32-33,35-45H2,1-3H3/b10-7-,17-16-,20-19-,23-22-,26-25-,29-28-,34-31-. The molecular formula is C49H80O6. The van der Waals surface area contributed by atoms with Crippen LogP contribution in [-0.2, 0) is 28.6 Å². The lowest BCUT2D eigenvalue weighted by atomic mass is 10.1. The topological polar surface area (TPSA) is 78.9 Å². The molecule has 0 radical (unpaired) electrons. The van der Waals surface area contributed by atoms with Gasteiger partial charge >= 0.3 is 17.9 Å². The number of rotatable bonds is 38. The average molecular weight is 765 g/mol. The van der Waals surface area contributed by atoms with Crippen LogP contribution in [0.2, 0.25) is 0 Å². The number of ether oxygens (including phenoxy) is 3. The van der Waals surface area contributed by atoms with Gasteiger partial charge in [0.15, 0.2) is 6.10 Å². The molecule has 0 rings (SSSR count). The van der Waals surface area contributed by atoms with Crippen molar-refractivity contribution in [2.24, 2.45) is 0 Å². The maximum Gasteiger partial charge on any atom is 0.306 e. The summed E-state index contributed by atoms with van der Waals surface area (Å²) >= 11 is 0. The van der Waals surface area contributed by atoms with Gasteiger partial charge in [-0.25, -0.2) is 0 Å². The van der Waals surface area contributed by atoms with Crippen molar-refractivity contribution in [1.29, 1.82) is 0 Å². The first-order valence-electron chi connectivity index (χ1n) is 22.1. The summed E-state index contributed by atoms with van der Waals surface area (Å²) in [6.45, 7) is 6.35. The Morgan fingerprint density at radius 2 is 0.709 bits per heavy atom. The maximum absolute atomic E-state index is 12.6. The van der Waals surface area contributed by atoms with E-state index in [1.807, 2.05) is 0 Å². The maximum atomic E-state index is 12.6. The summed E-state index contributed by atoms with van der Waals surface area (Å²) in [5.74, 6) is -0.980. The van der Waals surface area contributed by atoms with Gasteiger partial charge in [0.25, 0.3) is 0 Å². The molecule has 0 bridgehead atoms. The van der Waals surface area contributed by atoms with Crippen LogP contribution in [0, 0.1) is 0 Å². The van der Waals surface area contributed by atoms with Crippen molar-refractivity contribution in [3.63, 3.8) is 0 Å². The van der Waals surface area contributed by atoms with Gasteiger partial charge in [-0.15, -0.1) is 0 Å². The van der Waals surface area contributed by atoms with Gasteiger partial charge in [-0.2, -0.15) is 0 Å². The molecule has 0 aliphatic heterocycles. The number of hydrogen-bond donors (Lipinski definition) is 0. The van der Waals surface area contributed by atoms with Crippen molar-refractivity contribution in [3.8, 4) is 0 Å². The molecule has 0 saturated carbocycles. The van der Waals surface area contributed by atoms with E-state index in [9.17, 15) is 14.4 Å². The number of carbonyl (C=O) groups excluding carboxylic acids is 3. The Morgan fingerprint density at radius 3 is 1.11 bits per heavy atom. The number of unbranched alkanes of at least 4 members (excludes halogenated alkanes) is 13. The van der Waals surface area contributed by atoms with E-state index in [-0.39, 0.29) is 37.5 Å². The minimum atomic E-state index is -0.791. The number of allylic oxidation sites excluding steroid dienone is 14. The second kappa shape index (κ2) is 43.3. The van der Waals surface area contributed by atoms with Crippen molar-refractivity contribution >= 4 is 17.9 Å². The first-order chi connectivity index (χ1) is 27.0. The Balaban J connectivity index is 4.29. The normalized spacial score (nSPS) is 12.9. The molecule has 0 saturated heterocycles. The molecule has 0 aliphatic rings. The summed E-state index contributed by atoms with van der Waals surface area (Å²) in [5.41, 5.74) is 0. The number of esters is 3. The molecule has 0 aromatic rings. The fourth-order valence-corrected chi connectivity index (χ4v) is 5.60. The van der Waals surface area contributed by atoms with Gasteiger partial charge in [0, 0.05) is 19.3 Å². The van der Waals surface area contributed by atoms with E-state index in [2.05, 4.69) is 106 Å². The summed E-state index contributed by atoms with van der Waals surface area (Å²) in [7, 11) is 0. The van der Waals surface area contributed by atoms with Crippen LogP contribution in [0.3, 0.4) is 0 Å². The third-order valence-corrected chi connectivity index (χ3v) is 8.91. The summed E-state index contributed by atoms with van der Waals surface area (Å²) in [6, 6.07) is 0. The zero-order valence-electron chi connectivity index (χ0n) is 35.4. The van der Waals surface area contributed by atoms with Crippen molar-refractivity contribution < 1.29 is 28.6 Å². The van der Waals surface area contributed by atoms with Crippen molar-refractivity contribution in [2.45, 2.75) is 194 Å². The minimum Gasteiger partial charge on any atom is -0.462 e. The van der Waals surface area contributed by atoms with Crippen molar-refractivity contribution in [1.82, 2.24) is 0 Å². The highest BCUT2D eigenvalue weighted by molar-refractivity contribution is 5.71. The summed E-state index contributed by atoms with van der Waals surface area (Å²) in [6.07, 6.45) is 54.6. The molecule has 1 unspecified atom stereocenters. The van der Waals surface area contributed by atoms with Gasteiger partial charge in [-0.05, 0) is 70.6 Å². The van der Waals surface area contributed by atoms with Crippen LogP contribution in [0.15, 0.2) is 85.1 Å². The molecule has 55 heavy (non-hydrogen) atoms. The summed E-state index contributed by atoms with van der Waals surface area (Å²) < 4.78 is 16.5. The molecule has 0 heterocycles. The number of hydrogen-bond acceptors (Lipinski definition) is 6. The van der Waals surface area contributed by atoms with Crippen LogP contribution < -0.4 is 0 Å². The lowest BCUT2D eigenvalue weighted by molar-refractivity contribution is -0.167. The summed E-state index contributed by atoms with van der Waals surface area (Å²) in [5, 5.41) is 0. The first kappa shape index (κ1) is 51.6. The molecular weight excluding hydrogens is 685 g/mol. The quantitative estimate of drug-likeness (QED) is 0.0270. The largest absolute Gasteiger partial charge is 0.462 e.